The number of hydrogen-bond donors (Lipinski definition) is 1. The van der Waals surface area contributed by atoms with Gasteiger partial charge in [-0.25, -0.2) is 0 Å². The molecule has 1 aromatic rings. The Balaban J connectivity index is 1.67. The van der Waals surface area contributed by atoms with Crippen LogP contribution in [0.3, 0.4) is 0 Å². The monoisotopic (exact) mass is 244 g/mol. The average molecular weight is 244 g/mol. The first-order chi connectivity index (χ1) is 8.84. The van der Waals surface area contributed by atoms with Crippen LogP contribution in [-0.4, -0.2) is 30.6 Å². The van der Waals surface area contributed by atoms with Crippen molar-refractivity contribution in [2.75, 3.05) is 19.6 Å². The van der Waals surface area contributed by atoms with Gasteiger partial charge < -0.3 is 5.32 Å². The van der Waals surface area contributed by atoms with E-state index in [0.29, 0.717) is 0 Å². The molecule has 0 bridgehead atoms. The zero-order chi connectivity index (χ0) is 12.4. The van der Waals surface area contributed by atoms with Gasteiger partial charge >= 0.3 is 0 Å². The van der Waals surface area contributed by atoms with Crippen molar-refractivity contribution < 1.29 is 0 Å². The molecule has 2 saturated heterocycles. The Morgan fingerprint density at radius 2 is 2.06 bits per heavy atom. The van der Waals surface area contributed by atoms with Crippen molar-refractivity contribution >= 4 is 0 Å². The molecular formula is C16H24N2. The summed E-state index contributed by atoms with van der Waals surface area (Å²) in [6, 6.07) is 11.6. The molecule has 0 aliphatic carbocycles. The second-order valence-corrected chi connectivity index (χ2v) is 5.90. The highest BCUT2D eigenvalue weighted by atomic mass is 15.2. The third-order valence-corrected chi connectivity index (χ3v) is 4.89. The van der Waals surface area contributed by atoms with Crippen molar-refractivity contribution in [1.82, 2.24) is 10.2 Å². The molecule has 2 heteroatoms. The molecule has 2 aliphatic rings. The highest BCUT2D eigenvalue weighted by molar-refractivity contribution is 5.14. The van der Waals surface area contributed by atoms with Crippen LogP contribution in [0.25, 0.3) is 0 Å². The van der Waals surface area contributed by atoms with Crippen molar-refractivity contribution in [3.8, 4) is 0 Å². The minimum atomic E-state index is 0.719. The van der Waals surface area contributed by atoms with Crippen molar-refractivity contribution in [3.05, 3.63) is 35.9 Å². The van der Waals surface area contributed by atoms with Crippen LogP contribution in [0.15, 0.2) is 30.3 Å². The topological polar surface area (TPSA) is 15.3 Å². The summed E-state index contributed by atoms with van der Waals surface area (Å²) in [6.07, 6.45) is 2.78. The lowest BCUT2D eigenvalue weighted by Gasteiger charge is -2.46. The number of piperidine rings is 2. The quantitative estimate of drug-likeness (QED) is 0.860. The van der Waals surface area contributed by atoms with Gasteiger partial charge in [0.2, 0.25) is 0 Å². The standard InChI is InChI=1S/C16H24N2/c1-13-16-11-17-9-7-15(16)8-10-18(13)12-14-5-3-2-4-6-14/h2-6,13,15-17H,7-12H2,1H3. The van der Waals surface area contributed by atoms with E-state index in [1.54, 1.807) is 0 Å². The van der Waals surface area contributed by atoms with Gasteiger partial charge in [-0.15, -0.1) is 0 Å². The second kappa shape index (κ2) is 5.41. The van der Waals surface area contributed by atoms with Gasteiger partial charge in [0.1, 0.15) is 0 Å². The highest BCUT2D eigenvalue weighted by Gasteiger charge is 2.36. The van der Waals surface area contributed by atoms with E-state index in [4.69, 9.17) is 0 Å². The van der Waals surface area contributed by atoms with Crippen LogP contribution < -0.4 is 5.32 Å². The Bertz CT molecular complexity index is 376. The van der Waals surface area contributed by atoms with Crippen LogP contribution in [0, 0.1) is 11.8 Å². The number of fused-ring (bicyclic) bond motifs is 1. The Morgan fingerprint density at radius 1 is 1.22 bits per heavy atom. The Hall–Kier alpha value is -0.860. The first kappa shape index (κ1) is 12.2. The molecule has 3 atom stereocenters. The molecule has 2 nitrogen and oxygen atoms in total. The molecule has 0 amide bonds. The molecule has 3 unspecified atom stereocenters. The Kier molecular flexibility index (Phi) is 3.67. The molecule has 2 heterocycles. The highest BCUT2D eigenvalue weighted by Crippen LogP contribution is 2.33. The van der Waals surface area contributed by atoms with Gasteiger partial charge in [0.15, 0.2) is 0 Å². The van der Waals surface area contributed by atoms with Crippen LogP contribution in [0.2, 0.25) is 0 Å². The summed E-state index contributed by atoms with van der Waals surface area (Å²) in [5, 5.41) is 3.57. The normalized spacial score (nSPS) is 33.1. The fraction of sp³-hybridized carbons (Fsp3) is 0.625. The predicted octanol–water partition coefficient (Wildman–Crippen LogP) is 2.51. The molecule has 0 aromatic heterocycles. The van der Waals surface area contributed by atoms with E-state index in [9.17, 15) is 0 Å². The third kappa shape index (κ3) is 2.45. The van der Waals surface area contributed by atoms with E-state index < -0.39 is 0 Å². The van der Waals surface area contributed by atoms with Crippen LogP contribution >= 0.6 is 0 Å². The summed E-state index contributed by atoms with van der Waals surface area (Å²) in [4.78, 5) is 2.67. The number of likely N-dealkylation sites (tertiary alicyclic amines) is 1. The smallest absolute Gasteiger partial charge is 0.0236 e. The van der Waals surface area contributed by atoms with E-state index >= 15 is 0 Å². The molecular weight excluding hydrogens is 220 g/mol. The molecule has 0 radical (unpaired) electrons. The van der Waals surface area contributed by atoms with E-state index in [2.05, 4.69) is 47.5 Å². The third-order valence-electron chi connectivity index (χ3n) is 4.89. The van der Waals surface area contributed by atoms with Crippen LogP contribution in [0.1, 0.15) is 25.3 Å². The lowest BCUT2D eigenvalue weighted by molar-refractivity contribution is 0.0360. The Morgan fingerprint density at radius 3 is 2.89 bits per heavy atom. The first-order valence-electron chi connectivity index (χ1n) is 7.33. The van der Waals surface area contributed by atoms with Crippen LogP contribution in [-0.2, 0) is 6.54 Å². The van der Waals surface area contributed by atoms with E-state index in [1.165, 1.54) is 38.0 Å². The molecule has 3 rings (SSSR count). The van der Waals surface area contributed by atoms with E-state index in [0.717, 1.165) is 24.4 Å². The van der Waals surface area contributed by atoms with Crippen molar-refractivity contribution in [2.45, 2.75) is 32.4 Å². The maximum Gasteiger partial charge on any atom is 0.0236 e. The van der Waals surface area contributed by atoms with Gasteiger partial charge in [-0.2, -0.15) is 0 Å². The minimum Gasteiger partial charge on any atom is -0.316 e. The van der Waals surface area contributed by atoms with Gasteiger partial charge in [0.05, 0.1) is 0 Å². The SMILES string of the molecule is CC1C2CNCCC2CCN1Cc1ccccc1. The summed E-state index contributed by atoms with van der Waals surface area (Å²) in [5.74, 6) is 1.82. The van der Waals surface area contributed by atoms with Gasteiger partial charge in [-0.3, -0.25) is 4.90 Å². The van der Waals surface area contributed by atoms with E-state index in [-0.39, 0.29) is 0 Å². The van der Waals surface area contributed by atoms with Crippen LogP contribution in [0.4, 0.5) is 0 Å². The lowest BCUT2D eigenvalue weighted by Crippen LogP contribution is -2.53. The van der Waals surface area contributed by atoms with Crippen LogP contribution in [0.5, 0.6) is 0 Å². The van der Waals surface area contributed by atoms with Gasteiger partial charge in [0, 0.05) is 12.6 Å². The van der Waals surface area contributed by atoms with Gasteiger partial charge in [0.25, 0.3) is 0 Å². The number of rotatable bonds is 2. The maximum atomic E-state index is 3.57. The minimum absolute atomic E-state index is 0.719. The predicted molar refractivity (Wildman–Crippen MR) is 75.4 cm³/mol. The summed E-state index contributed by atoms with van der Waals surface area (Å²) >= 11 is 0. The van der Waals surface area contributed by atoms with Crippen molar-refractivity contribution in [2.24, 2.45) is 11.8 Å². The summed E-state index contributed by atoms with van der Waals surface area (Å²) in [7, 11) is 0. The first-order valence-corrected chi connectivity index (χ1v) is 7.33. The molecule has 2 fully saturated rings. The molecule has 0 spiro atoms. The molecule has 1 aromatic carbocycles. The van der Waals surface area contributed by atoms with Crippen molar-refractivity contribution in [3.63, 3.8) is 0 Å². The van der Waals surface area contributed by atoms with Crippen molar-refractivity contribution in [1.29, 1.82) is 0 Å². The zero-order valence-corrected chi connectivity index (χ0v) is 11.3. The van der Waals surface area contributed by atoms with E-state index in [1.807, 2.05) is 0 Å². The molecule has 98 valence electrons. The summed E-state index contributed by atoms with van der Waals surface area (Å²) in [5.41, 5.74) is 1.45. The number of hydrogen-bond acceptors (Lipinski definition) is 2. The molecule has 18 heavy (non-hydrogen) atoms. The fourth-order valence-electron chi connectivity index (χ4n) is 3.71. The molecule has 2 aliphatic heterocycles. The summed E-state index contributed by atoms with van der Waals surface area (Å²) in [6.45, 7) is 7.26. The molecule has 0 saturated carbocycles. The Labute approximate surface area is 110 Å². The number of nitrogens with one attached hydrogen (secondary N) is 1. The number of benzene rings is 1. The zero-order valence-electron chi connectivity index (χ0n) is 11.3. The maximum absolute atomic E-state index is 3.57. The molecule has 1 N–H and O–H groups in total. The average Bonchev–Trinajstić information content (AvgIpc) is 2.43. The van der Waals surface area contributed by atoms with Gasteiger partial charge in [-0.1, -0.05) is 30.3 Å². The number of nitrogens with zero attached hydrogens (tertiary/aromatic N) is 1. The van der Waals surface area contributed by atoms with Gasteiger partial charge in [-0.05, 0) is 56.8 Å². The summed E-state index contributed by atoms with van der Waals surface area (Å²) < 4.78 is 0. The largest absolute Gasteiger partial charge is 0.316 e. The fourth-order valence-corrected chi connectivity index (χ4v) is 3.71. The lowest BCUT2D eigenvalue weighted by atomic mass is 9.76. The second-order valence-electron chi connectivity index (χ2n) is 5.90.